The number of aromatic hydroxyl groups is 1. The van der Waals surface area contributed by atoms with Crippen molar-refractivity contribution in [3.63, 3.8) is 0 Å². The van der Waals surface area contributed by atoms with Gasteiger partial charge in [0.1, 0.15) is 11.6 Å². The molecule has 0 aliphatic carbocycles. The van der Waals surface area contributed by atoms with Crippen molar-refractivity contribution >= 4 is 0 Å². The van der Waals surface area contributed by atoms with E-state index in [1.165, 1.54) is 12.1 Å². The van der Waals surface area contributed by atoms with Gasteiger partial charge in [-0.2, -0.15) is 0 Å². The third kappa shape index (κ3) is 1.56. The zero-order valence-electron chi connectivity index (χ0n) is 6.84. The van der Waals surface area contributed by atoms with Crippen molar-refractivity contribution in [1.29, 1.82) is 0 Å². The number of aliphatic hydroxyl groups is 1. The quantitative estimate of drug-likeness (QED) is 0.703. The molecule has 0 spiro atoms. The van der Waals surface area contributed by atoms with Crippen molar-refractivity contribution in [3.05, 3.63) is 29.1 Å². The van der Waals surface area contributed by atoms with Gasteiger partial charge in [-0.05, 0) is 31.0 Å². The molecule has 3 heteroatoms. The van der Waals surface area contributed by atoms with E-state index in [9.17, 15) is 9.50 Å². The lowest BCUT2D eigenvalue weighted by Gasteiger charge is -2.06. The highest BCUT2D eigenvalue weighted by Gasteiger charge is 2.07. The minimum atomic E-state index is -0.351. The summed E-state index contributed by atoms with van der Waals surface area (Å²) < 4.78 is 12.9. The molecule has 0 atom stereocenters. The van der Waals surface area contributed by atoms with Crippen LogP contribution in [-0.4, -0.2) is 16.8 Å². The molecule has 0 heterocycles. The molecule has 1 aromatic rings. The van der Waals surface area contributed by atoms with Gasteiger partial charge < -0.3 is 10.2 Å². The van der Waals surface area contributed by atoms with Gasteiger partial charge in [-0.3, -0.25) is 0 Å². The lowest BCUT2D eigenvalue weighted by Crippen LogP contribution is -1.97. The van der Waals surface area contributed by atoms with E-state index in [-0.39, 0.29) is 24.6 Å². The molecule has 2 N–H and O–H groups in total. The van der Waals surface area contributed by atoms with Crippen LogP contribution in [0.1, 0.15) is 11.1 Å². The second kappa shape index (κ2) is 3.54. The van der Waals surface area contributed by atoms with Crippen molar-refractivity contribution in [1.82, 2.24) is 0 Å². The van der Waals surface area contributed by atoms with Crippen LogP contribution < -0.4 is 0 Å². The summed E-state index contributed by atoms with van der Waals surface area (Å²) in [6.45, 7) is 1.50. The summed E-state index contributed by atoms with van der Waals surface area (Å²) in [6, 6.07) is 2.51. The molecule has 0 fully saturated rings. The average Bonchev–Trinajstić information content (AvgIpc) is 2.06. The Morgan fingerprint density at radius 1 is 1.42 bits per heavy atom. The minimum Gasteiger partial charge on any atom is -0.508 e. The van der Waals surface area contributed by atoms with Gasteiger partial charge >= 0.3 is 0 Å². The van der Waals surface area contributed by atoms with Crippen LogP contribution in [0.25, 0.3) is 0 Å². The van der Waals surface area contributed by atoms with Crippen molar-refractivity contribution in [2.45, 2.75) is 13.3 Å². The Morgan fingerprint density at radius 3 is 2.67 bits per heavy atom. The fourth-order valence-corrected chi connectivity index (χ4v) is 1.14. The lowest BCUT2D eigenvalue weighted by atomic mass is 10.0. The van der Waals surface area contributed by atoms with Crippen LogP contribution in [0, 0.1) is 12.7 Å². The molecule has 1 aromatic carbocycles. The number of benzene rings is 1. The topological polar surface area (TPSA) is 40.5 Å². The maximum absolute atomic E-state index is 12.9. The molecular weight excluding hydrogens is 159 g/mol. The SMILES string of the molecule is Cc1c(F)ccc(O)c1CCO. The predicted molar refractivity (Wildman–Crippen MR) is 43.6 cm³/mol. The molecule has 0 bridgehead atoms. The number of rotatable bonds is 2. The van der Waals surface area contributed by atoms with E-state index in [1.54, 1.807) is 6.92 Å². The Hall–Kier alpha value is -1.09. The van der Waals surface area contributed by atoms with Crippen LogP contribution in [-0.2, 0) is 6.42 Å². The van der Waals surface area contributed by atoms with Crippen molar-refractivity contribution in [2.24, 2.45) is 0 Å². The second-order valence-corrected chi connectivity index (χ2v) is 2.64. The highest BCUT2D eigenvalue weighted by Crippen LogP contribution is 2.23. The highest BCUT2D eigenvalue weighted by atomic mass is 19.1. The smallest absolute Gasteiger partial charge is 0.126 e. The van der Waals surface area contributed by atoms with Crippen molar-refractivity contribution < 1.29 is 14.6 Å². The summed E-state index contributed by atoms with van der Waals surface area (Å²) in [5.41, 5.74) is 0.890. The summed E-state index contributed by atoms with van der Waals surface area (Å²) in [6.07, 6.45) is 0.287. The van der Waals surface area contributed by atoms with E-state index < -0.39 is 0 Å². The van der Waals surface area contributed by atoms with E-state index in [0.29, 0.717) is 11.1 Å². The molecular formula is C9H11FO2. The van der Waals surface area contributed by atoms with E-state index in [4.69, 9.17) is 5.11 Å². The van der Waals surface area contributed by atoms with Crippen LogP contribution in [0.5, 0.6) is 5.75 Å². The van der Waals surface area contributed by atoms with E-state index >= 15 is 0 Å². The molecule has 2 nitrogen and oxygen atoms in total. The Kier molecular flexibility index (Phi) is 2.65. The zero-order valence-corrected chi connectivity index (χ0v) is 6.84. The molecule has 0 saturated carbocycles. The molecule has 0 saturated heterocycles. The first kappa shape index (κ1) is 9.00. The van der Waals surface area contributed by atoms with Crippen LogP contribution in [0.2, 0.25) is 0 Å². The normalized spacial score (nSPS) is 10.2. The number of halogens is 1. The van der Waals surface area contributed by atoms with Crippen molar-refractivity contribution in [3.8, 4) is 5.75 Å². The van der Waals surface area contributed by atoms with E-state index in [2.05, 4.69) is 0 Å². The van der Waals surface area contributed by atoms with E-state index in [1.807, 2.05) is 0 Å². The monoisotopic (exact) mass is 170 g/mol. The molecule has 0 amide bonds. The highest BCUT2D eigenvalue weighted by molar-refractivity contribution is 5.39. The fraction of sp³-hybridized carbons (Fsp3) is 0.333. The van der Waals surface area contributed by atoms with E-state index in [0.717, 1.165) is 0 Å². The maximum atomic E-state index is 12.9. The zero-order chi connectivity index (χ0) is 9.14. The third-order valence-corrected chi connectivity index (χ3v) is 1.87. The molecule has 0 aliphatic rings. The van der Waals surface area contributed by atoms with Crippen molar-refractivity contribution in [2.75, 3.05) is 6.61 Å². The Morgan fingerprint density at radius 2 is 2.08 bits per heavy atom. The van der Waals surface area contributed by atoms with Crippen LogP contribution >= 0.6 is 0 Å². The molecule has 0 aliphatic heterocycles. The lowest BCUT2D eigenvalue weighted by molar-refractivity contribution is 0.297. The van der Waals surface area contributed by atoms with Gasteiger partial charge in [-0.25, -0.2) is 4.39 Å². The average molecular weight is 170 g/mol. The minimum absolute atomic E-state index is 0.0444. The standard InChI is InChI=1S/C9H11FO2/c1-6-7(4-5-11)9(12)3-2-8(6)10/h2-3,11-12H,4-5H2,1H3. The first-order valence-corrected chi connectivity index (χ1v) is 3.74. The van der Waals surface area contributed by atoms with Gasteiger partial charge in [0.25, 0.3) is 0 Å². The van der Waals surface area contributed by atoms with Gasteiger partial charge in [0.05, 0.1) is 0 Å². The third-order valence-electron chi connectivity index (χ3n) is 1.87. The fourth-order valence-electron chi connectivity index (χ4n) is 1.14. The summed E-state index contributed by atoms with van der Waals surface area (Å²) in [7, 11) is 0. The number of phenols is 1. The Balaban J connectivity index is 3.14. The number of aliphatic hydroxyl groups excluding tert-OH is 1. The first-order chi connectivity index (χ1) is 5.66. The summed E-state index contributed by atoms with van der Waals surface area (Å²) in [4.78, 5) is 0. The molecule has 0 radical (unpaired) electrons. The number of phenolic OH excluding ortho intramolecular Hbond substituents is 1. The summed E-state index contributed by atoms with van der Waals surface area (Å²) in [5.74, 6) is -0.306. The number of hydrogen-bond donors (Lipinski definition) is 2. The van der Waals surface area contributed by atoms with Gasteiger partial charge in [0.2, 0.25) is 0 Å². The van der Waals surface area contributed by atoms with Crippen LogP contribution in [0.4, 0.5) is 4.39 Å². The molecule has 12 heavy (non-hydrogen) atoms. The molecule has 0 aromatic heterocycles. The first-order valence-electron chi connectivity index (χ1n) is 3.74. The van der Waals surface area contributed by atoms with Gasteiger partial charge in [-0.1, -0.05) is 0 Å². The van der Waals surface area contributed by atoms with Gasteiger partial charge in [0, 0.05) is 12.2 Å². The summed E-state index contributed by atoms with van der Waals surface area (Å²) >= 11 is 0. The Labute approximate surface area is 70.3 Å². The number of hydrogen-bond acceptors (Lipinski definition) is 2. The summed E-state index contributed by atoms with van der Waals surface area (Å²) in [5, 5.41) is 17.9. The van der Waals surface area contributed by atoms with Gasteiger partial charge in [-0.15, -0.1) is 0 Å². The van der Waals surface area contributed by atoms with Crippen LogP contribution in [0.15, 0.2) is 12.1 Å². The largest absolute Gasteiger partial charge is 0.508 e. The van der Waals surface area contributed by atoms with Gasteiger partial charge in [0.15, 0.2) is 0 Å². The molecule has 66 valence electrons. The molecule has 1 rings (SSSR count). The maximum Gasteiger partial charge on any atom is 0.126 e. The molecule has 0 unspecified atom stereocenters. The predicted octanol–water partition coefficient (Wildman–Crippen LogP) is 1.37. The second-order valence-electron chi connectivity index (χ2n) is 2.64. The van der Waals surface area contributed by atoms with Crippen LogP contribution in [0.3, 0.4) is 0 Å². The Bertz CT molecular complexity index is 284.